The molecule has 0 radical (unpaired) electrons. The molecule has 0 fully saturated rings. The number of hydrogen-bond acceptors (Lipinski definition) is 4. The maximum Gasteiger partial charge on any atom is 0.311 e. The predicted octanol–water partition coefficient (Wildman–Crippen LogP) is 2.48. The van der Waals surface area contributed by atoms with Crippen LogP contribution in [0.15, 0.2) is 6.07 Å². The van der Waals surface area contributed by atoms with Crippen molar-refractivity contribution in [3.05, 3.63) is 22.5 Å². The summed E-state index contributed by atoms with van der Waals surface area (Å²) in [5.41, 5.74) is -0.841. The molecule has 0 bridgehead atoms. The lowest BCUT2D eigenvalue weighted by Crippen LogP contribution is -2.10. The van der Waals surface area contributed by atoms with Crippen LogP contribution in [0.5, 0.6) is 5.75 Å². The summed E-state index contributed by atoms with van der Waals surface area (Å²) < 4.78 is 29.5. The third-order valence-electron chi connectivity index (χ3n) is 1.88. The van der Waals surface area contributed by atoms with Crippen LogP contribution < -0.4 is 0 Å². The summed E-state index contributed by atoms with van der Waals surface area (Å²) >= 11 is 5.68. The summed E-state index contributed by atoms with van der Waals surface area (Å²) in [4.78, 5) is 14.6. The fourth-order valence-corrected chi connectivity index (χ4v) is 1.38. The number of aromatic hydroxyl groups is 1. The highest BCUT2D eigenvalue weighted by Crippen LogP contribution is 2.30. The van der Waals surface area contributed by atoms with Crippen molar-refractivity contribution in [2.45, 2.75) is 19.8 Å². The van der Waals surface area contributed by atoms with E-state index >= 15 is 0 Å². The third kappa shape index (κ3) is 3.52. The van der Waals surface area contributed by atoms with Crippen LogP contribution in [-0.2, 0) is 16.0 Å². The topological polar surface area (TPSA) is 59.4 Å². The molecule has 1 heterocycles. The van der Waals surface area contributed by atoms with Gasteiger partial charge in [-0.05, 0) is 6.92 Å². The number of halogens is 3. The zero-order valence-corrected chi connectivity index (χ0v) is 9.67. The lowest BCUT2D eigenvalue weighted by molar-refractivity contribution is -0.142. The SMILES string of the molecule is CCOC(=O)Cc1nc(C(F)F)c(O)cc1Cl. The Kier molecular flexibility index (Phi) is 4.62. The smallest absolute Gasteiger partial charge is 0.311 e. The van der Waals surface area contributed by atoms with Crippen LogP contribution in [-0.4, -0.2) is 22.7 Å². The number of rotatable bonds is 4. The van der Waals surface area contributed by atoms with Crippen LogP contribution in [0.1, 0.15) is 24.7 Å². The zero-order valence-electron chi connectivity index (χ0n) is 8.91. The van der Waals surface area contributed by atoms with E-state index in [4.69, 9.17) is 11.6 Å². The van der Waals surface area contributed by atoms with Gasteiger partial charge in [-0.15, -0.1) is 0 Å². The van der Waals surface area contributed by atoms with Gasteiger partial charge in [0.2, 0.25) is 0 Å². The zero-order chi connectivity index (χ0) is 13.0. The molecule has 4 nitrogen and oxygen atoms in total. The van der Waals surface area contributed by atoms with Gasteiger partial charge in [0.1, 0.15) is 11.4 Å². The van der Waals surface area contributed by atoms with E-state index in [0.29, 0.717) is 0 Å². The fourth-order valence-electron chi connectivity index (χ4n) is 1.17. The van der Waals surface area contributed by atoms with Crippen molar-refractivity contribution in [3.63, 3.8) is 0 Å². The Labute approximate surface area is 101 Å². The lowest BCUT2D eigenvalue weighted by atomic mass is 10.2. The Bertz CT molecular complexity index is 426. The minimum Gasteiger partial charge on any atom is -0.506 e. The molecule has 0 aromatic carbocycles. The van der Waals surface area contributed by atoms with Crippen LogP contribution in [0.25, 0.3) is 0 Å². The van der Waals surface area contributed by atoms with E-state index < -0.39 is 23.8 Å². The second-order valence-corrected chi connectivity index (χ2v) is 3.51. The number of esters is 1. The quantitative estimate of drug-likeness (QED) is 0.850. The second-order valence-electron chi connectivity index (χ2n) is 3.10. The predicted molar refractivity (Wildman–Crippen MR) is 56.2 cm³/mol. The van der Waals surface area contributed by atoms with E-state index in [1.54, 1.807) is 6.92 Å². The van der Waals surface area contributed by atoms with Gasteiger partial charge in [0.15, 0.2) is 0 Å². The fraction of sp³-hybridized carbons (Fsp3) is 0.400. The second kappa shape index (κ2) is 5.77. The van der Waals surface area contributed by atoms with Crippen molar-refractivity contribution < 1.29 is 23.4 Å². The van der Waals surface area contributed by atoms with E-state index in [2.05, 4.69) is 9.72 Å². The molecule has 0 atom stereocenters. The molecule has 0 saturated carbocycles. The molecule has 0 saturated heterocycles. The maximum absolute atomic E-state index is 12.4. The van der Waals surface area contributed by atoms with Crippen LogP contribution in [0.4, 0.5) is 8.78 Å². The van der Waals surface area contributed by atoms with E-state index in [0.717, 1.165) is 6.07 Å². The highest BCUT2D eigenvalue weighted by Gasteiger charge is 2.19. The van der Waals surface area contributed by atoms with Gasteiger partial charge in [0.05, 0.1) is 23.7 Å². The molecule has 0 aliphatic rings. The third-order valence-corrected chi connectivity index (χ3v) is 2.21. The molecule has 1 N–H and O–H groups in total. The van der Waals surface area contributed by atoms with Crippen LogP contribution >= 0.6 is 11.6 Å². The average molecular weight is 266 g/mol. The summed E-state index contributed by atoms with van der Waals surface area (Å²) in [6.45, 7) is 1.80. The first-order chi connectivity index (χ1) is 7.95. The highest BCUT2D eigenvalue weighted by atomic mass is 35.5. The first-order valence-corrected chi connectivity index (χ1v) is 5.15. The van der Waals surface area contributed by atoms with Gasteiger partial charge in [0.25, 0.3) is 6.43 Å². The molecule has 1 rings (SSSR count). The standard InChI is InChI=1S/C10H10ClF2NO3/c1-2-17-8(16)4-6-5(11)3-7(15)9(14-6)10(12)13/h3,10,15H,2,4H2,1H3. The molecule has 1 aromatic rings. The van der Waals surface area contributed by atoms with Crippen LogP contribution in [0.3, 0.4) is 0 Å². The molecule has 7 heteroatoms. The number of hydrogen-bond donors (Lipinski definition) is 1. The first-order valence-electron chi connectivity index (χ1n) is 4.77. The summed E-state index contributed by atoms with van der Waals surface area (Å²) in [6, 6.07) is 0.935. The van der Waals surface area contributed by atoms with Gasteiger partial charge in [-0.25, -0.2) is 13.8 Å². The molecular weight excluding hydrogens is 256 g/mol. The summed E-state index contributed by atoms with van der Waals surface area (Å²) in [5, 5.41) is 9.12. The normalized spacial score (nSPS) is 10.6. The Morgan fingerprint density at radius 3 is 2.82 bits per heavy atom. The molecule has 0 aliphatic heterocycles. The Morgan fingerprint density at radius 1 is 1.65 bits per heavy atom. The highest BCUT2D eigenvalue weighted by molar-refractivity contribution is 6.31. The van der Waals surface area contributed by atoms with Crippen molar-refractivity contribution in [2.75, 3.05) is 6.61 Å². The molecule has 0 spiro atoms. The molecule has 0 amide bonds. The Balaban J connectivity index is 2.99. The number of pyridine rings is 1. The number of carbonyl (C=O) groups excluding carboxylic acids is 1. The van der Waals surface area contributed by atoms with E-state index in [9.17, 15) is 18.7 Å². The molecule has 94 valence electrons. The summed E-state index contributed by atoms with van der Waals surface area (Å²) in [5.74, 6) is -1.31. The van der Waals surface area contributed by atoms with E-state index in [1.165, 1.54) is 0 Å². The average Bonchev–Trinajstić information content (AvgIpc) is 2.21. The van der Waals surface area contributed by atoms with E-state index in [1.807, 2.05) is 0 Å². The van der Waals surface area contributed by atoms with E-state index in [-0.39, 0.29) is 23.7 Å². The maximum atomic E-state index is 12.4. The van der Waals surface area contributed by atoms with Crippen LogP contribution in [0, 0.1) is 0 Å². The van der Waals surface area contributed by atoms with Crippen molar-refractivity contribution in [1.82, 2.24) is 4.98 Å². The lowest BCUT2D eigenvalue weighted by Gasteiger charge is -2.08. The Hall–Kier alpha value is -1.43. The number of alkyl halides is 2. The molecule has 0 aliphatic carbocycles. The van der Waals surface area contributed by atoms with Gasteiger partial charge < -0.3 is 9.84 Å². The van der Waals surface area contributed by atoms with Crippen molar-refractivity contribution in [3.8, 4) is 5.75 Å². The molecule has 0 unspecified atom stereocenters. The number of aromatic nitrogens is 1. The van der Waals surface area contributed by atoms with Gasteiger partial charge in [-0.1, -0.05) is 11.6 Å². The number of carbonyl (C=O) groups is 1. The minimum absolute atomic E-state index is 0.0433. The van der Waals surface area contributed by atoms with Crippen molar-refractivity contribution >= 4 is 17.6 Å². The summed E-state index contributed by atoms with van der Waals surface area (Å²) in [6.07, 6.45) is -3.25. The molecular formula is C10H10ClF2NO3. The Morgan fingerprint density at radius 2 is 2.29 bits per heavy atom. The van der Waals surface area contributed by atoms with Gasteiger partial charge in [0, 0.05) is 6.07 Å². The first kappa shape index (κ1) is 13.6. The van der Waals surface area contributed by atoms with Gasteiger partial charge in [-0.2, -0.15) is 0 Å². The monoisotopic (exact) mass is 265 g/mol. The van der Waals surface area contributed by atoms with Gasteiger partial charge >= 0.3 is 5.97 Å². The van der Waals surface area contributed by atoms with Crippen LogP contribution in [0.2, 0.25) is 5.02 Å². The molecule has 1 aromatic heterocycles. The number of nitrogens with zero attached hydrogens (tertiary/aromatic N) is 1. The van der Waals surface area contributed by atoms with Gasteiger partial charge in [-0.3, -0.25) is 4.79 Å². The molecule has 17 heavy (non-hydrogen) atoms. The van der Waals surface area contributed by atoms with Crippen molar-refractivity contribution in [1.29, 1.82) is 0 Å². The summed E-state index contributed by atoms with van der Waals surface area (Å²) in [7, 11) is 0. The van der Waals surface area contributed by atoms with Crippen molar-refractivity contribution in [2.24, 2.45) is 0 Å². The largest absolute Gasteiger partial charge is 0.506 e. The number of ether oxygens (including phenoxy) is 1. The minimum atomic E-state index is -2.94.